The predicted octanol–water partition coefficient (Wildman–Crippen LogP) is -0.593. The van der Waals surface area contributed by atoms with Crippen LogP contribution in [0.4, 0.5) is 5.82 Å². The fourth-order valence-electron chi connectivity index (χ4n) is 4.18. The summed E-state index contributed by atoms with van der Waals surface area (Å²) >= 11 is 0. The third-order valence-corrected chi connectivity index (χ3v) is 5.63. The lowest BCUT2D eigenvalue weighted by atomic mass is 9.98. The van der Waals surface area contributed by atoms with Gasteiger partial charge < -0.3 is 24.2 Å². The Hall–Kier alpha value is -2.18. The third kappa shape index (κ3) is 3.19. The molecule has 11 heteroatoms. The molecule has 1 unspecified atom stereocenters. The first-order chi connectivity index (χ1) is 14.1. The average Bonchev–Trinajstić information content (AvgIpc) is 3.36. The Morgan fingerprint density at radius 2 is 2.14 bits per heavy atom. The summed E-state index contributed by atoms with van der Waals surface area (Å²) in [5.41, 5.74) is 0.414. The summed E-state index contributed by atoms with van der Waals surface area (Å²) in [4.78, 5) is 21.5. The molecule has 2 aromatic rings. The van der Waals surface area contributed by atoms with E-state index in [0.717, 1.165) is 13.1 Å². The number of aliphatic hydroxyl groups excluding tert-OH is 1. The smallest absolute Gasteiger partial charge is 0.184 e. The first-order valence-corrected chi connectivity index (χ1v) is 9.73. The molecule has 3 aliphatic rings. The molecular weight excluding hydrogens is 378 g/mol. The van der Waals surface area contributed by atoms with Gasteiger partial charge in [0.15, 0.2) is 23.2 Å². The molecule has 11 nitrogen and oxygen atoms in total. The average molecular weight is 403 g/mol. The van der Waals surface area contributed by atoms with Gasteiger partial charge in [-0.3, -0.25) is 9.47 Å². The van der Waals surface area contributed by atoms with Crippen LogP contribution in [0.5, 0.6) is 0 Å². The quantitative estimate of drug-likeness (QED) is 0.517. The molecule has 29 heavy (non-hydrogen) atoms. The molecule has 5 rings (SSSR count). The predicted molar refractivity (Wildman–Crippen MR) is 103 cm³/mol. The summed E-state index contributed by atoms with van der Waals surface area (Å²) in [6, 6.07) is 0. The van der Waals surface area contributed by atoms with Gasteiger partial charge in [-0.05, 0) is 0 Å². The van der Waals surface area contributed by atoms with E-state index in [0.29, 0.717) is 43.3 Å². The van der Waals surface area contributed by atoms with Crippen molar-refractivity contribution in [3.8, 4) is 0 Å². The van der Waals surface area contributed by atoms with Gasteiger partial charge in [-0.1, -0.05) is 0 Å². The van der Waals surface area contributed by atoms with Crippen LogP contribution in [0.15, 0.2) is 17.6 Å². The maximum absolute atomic E-state index is 10.9. The third-order valence-electron chi connectivity index (χ3n) is 5.63. The van der Waals surface area contributed by atoms with Crippen molar-refractivity contribution in [3.05, 3.63) is 12.7 Å². The first kappa shape index (κ1) is 18.8. The largest absolute Gasteiger partial charge is 0.387 e. The van der Waals surface area contributed by atoms with Crippen molar-refractivity contribution in [3.63, 3.8) is 0 Å². The topological polar surface area (TPSA) is 110 Å². The summed E-state index contributed by atoms with van der Waals surface area (Å²) in [6.45, 7) is 4.00. The van der Waals surface area contributed by atoms with Gasteiger partial charge in [0, 0.05) is 33.7 Å². The van der Waals surface area contributed by atoms with E-state index in [1.807, 2.05) is 19.0 Å². The zero-order chi connectivity index (χ0) is 20.0. The molecule has 2 aromatic heterocycles. The Bertz CT molecular complexity index is 913. The van der Waals surface area contributed by atoms with Crippen molar-refractivity contribution in [2.24, 2.45) is 4.99 Å². The highest BCUT2D eigenvalue weighted by Crippen LogP contribution is 2.46. The molecule has 3 fully saturated rings. The molecule has 3 saturated heterocycles. The lowest BCUT2D eigenvalue weighted by Gasteiger charge is -2.37. The van der Waals surface area contributed by atoms with E-state index in [4.69, 9.17) is 14.2 Å². The van der Waals surface area contributed by atoms with Gasteiger partial charge >= 0.3 is 0 Å². The van der Waals surface area contributed by atoms with Crippen LogP contribution < -0.4 is 0 Å². The maximum Gasteiger partial charge on any atom is 0.184 e. The van der Waals surface area contributed by atoms with Gasteiger partial charge in [0.2, 0.25) is 0 Å². The zero-order valence-corrected chi connectivity index (χ0v) is 16.5. The van der Waals surface area contributed by atoms with E-state index in [1.54, 1.807) is 17.2 Å². The molecule has 2 bridgehead atoms. The molecule has 0 aliphatic carbocycles. The van der Waals surface area contributed by atoms with Crippen LogP contribution in [0.1, 0.15) is 6.23 Å². The highest BCUT2D eigenvalue weighted by atomic mass is 16.6. The van der Waals surface area contributed by atoms with E-state index < -0.39 is 24.0 Å². The van der Waals surface area contributed by atoms with Crippen LogP contribution in [-0.4, -0.2) is 112 Å². The van der Waals surface area contributed by atoms with Crippen molar-refractivity contribution in [1.29, 1.82) is 0 Å². The number of imidazole rings is 1. The molecule has 156 valence electrons. The van der Waals surface area contributed by atoms with Crippen molar-refractivity contribution < 1.29 is 19.3 Å². The van der Waals surface area contributed by atoms with Crippen LogP contribution >= 0.6 is 0 Å². The minimum atomic E-state index is -0.762. The summed E-state index contributed by atoms with van der Waals surface area (Å²) in [6.07, 6.45) is 3.07. The Balaban J connectivity index is 1.43. The number of nitrogens with zero attached hydrogens (tertiary/aromatic N) is 7. The van der Waals surface area contributed by atoms with Gasteiger partial charge in [-0.15, -0.1) is 0 Å². The van der Waals surface area contributed by atoms with Crippen molar-refractivity contribution >= 4 is 23.3 Å². The van der Waals surface area contributed by atoms with E-state index in [2.05, 4.69) is 24.8 Å². The van der Waals surface area contributed by atoms with Crippen molar-refractivity contribution in [2.45, 2.75) is 24.0 Å². The van der Waals surface area contributed by atoms with Gasteiger partial charge in [-0.2, -0.15) is 0 Å². The number of aliphatic imine (C=N–C) groups is 1. The van der Waals surface area contributed by atoms with Crippen LogP contribution in [0.3, 0.4) is 0 Å². The van der Waals surface area contributed by atoms with Crippen molar-refractivity contribution in [1.82, 2.24) is 29.3 Å². The minimum Gasteiger partial charge on any atom is -0.387 e. The second-order valence-corrected chi connectivity index (χ2v) is 7.91. The Kier molecular flexibility index (Phi) is 4.71. The summed E-state index contributed by atoms with van der Waals surface area (Å²) in [5.74, 6) is 0.482. The number of aliphatic hydroxyl groups is 1. The molecule has 4 atom stereocenters. The standard InChI is InChI=1S/C18H25N7O4/c1-23(2)10-22-15-12-16(20-9-19-15)25(11-21-12)17-13-14(26)18(29-17,8-28-13)7-24-3-5-27-6-4-24/h9-11,13-14,17,26H,3-8H2,1-2H3/t13?,14-,17-,18+/m1/s1. The van der Waals surface area contributed by atoms with Crippen LogP contribution in [-0.2, 0) is 14.2 Å². The number of hydrogen-bond acceptors (Lipinski definition) is 9. The molecule has 3 aliphatic heterocycles. The SMILES string of the molecule is CN(C)C=Nc1ncnc2c1ncn2[C@@H]1O[C@@]2(CN3CCOCC3)COC1[C@H]2O. The molecule has 0 radical (unpaired) electrons. The molecule has 0 spiro atoms. The Morgan fingerprint density at radius 3 is 2.93 bits per heavy atom. The van der Waals surface area contributed by atoms with Crippen molar-refractivity contribution in [2.75, 3.05) is 53.6 Å². The summed E-state index contributed by atoms with van der Waals surface area (Å²) in [7, 11) is 3.77. The maximum atomic E-state index is 10.9. The summed E-state index contributed by atoms with van der Waals surface area (Å²) in [5, 5.41) is 10.9. The first-order valence-electron chi connectivity index (χ1n) is 9.73. The molecule has 1 N–H and O–H groups in total. The number of fused-ring (bicyclic) bond motifs is 3. The monoisotopic (exact) mass is 403 g/mol. The second-order valence-electron chi connectivity index (χ2n) is 7.91. The molecular formula is C18H25N7O4. The number of aromatic nitrogens is 4. The van der Waals surface area contributed by atoms with Gasteiger partial charge in [0.1, 0.15) is 24.1 Å². The van der Waals surface area contributed by atoms with E-state index in [1.165, 1.54) is 6.33 Å². The highest BCUT2D eigenvalue weighted by molar-refractivity contribution is 5.82. The van der Waals surface area contributed by atoms with Gasteiger partial charge in [0.25, 0.3) is 0 Å². The Labute approximate surface area is 167 Å². The van der Waals surface area contributed by atoms with Gasteiger partial charge in [0.05, 0.1) is 32.5 Å². The lowest BCUT2D eigenvalue weighted by Crippen LogP contribution is -2.53. The van der Waals surface area contributed by atoms with Gasteiger partial charge in [-0.25, -0.2) is 19.9 Å². The van der Waals surface area contributed by atoms with E-state index in [9.17, 15) is 5.11 Å². The van der Waals surface area contributed by atoms with Crippen LogP contribution in [0, 0.1) is 0 Å². The fourth-order valence-corrected chi connectivity index (χ4v) is 4.18. The molecule has 0 saturated carbocycles. The molecule has 5 heterocycles. The van der Waals surface area contributed by atoms with E-state index in [-0.39, 0.29) is 0 Å². The fraction of sp³-hybridized carbons (Fsp3) is 0.667. The lowest BCUT2D eigenvalue weighted by molar-refractivity contribution is -0.181. The molecule has 0 amide bonds. The Morgan fingerprint density at radius 1 is 1.31 bits per heavy atom. The number of hydrogen-bond donors (Lipinski definition) is 1. The number of ether oxygens (including phenoxy) is 3. The summed E-state index contributed by atoms with van der Waals surface area (Å²) < 4.78 is 19.6. The zero-order valence-electron chi connectivity index (χ0n) is 16.5. The number of rotatable bonds is 5. The second kappa shape index (κ2) is 7.26. The highest BCUT2D eigenvalue weighted by Gasteiger charge is 2.62. The van der Waals surface area contributed by atoms with Crippen LogP contribution in [0.2, 0.25) is 0 Å². The minimum absolute atomic E-state index is 0.368. The van der Waals surface area contributed by atoms with E-state index >= 15 is 0 Å². The normalized spacial score (nSPS) is 32.6. The number of morpholine rings is 1. The molecule has 0 aromatic carbocycles. The van der Waals surface area contributed by atoms with Crippen LogP contribution in [0.25, 0.3) is 11.2 Å².